The zero-order valence-corrected chi connectivity index (χ0v) is 17.5. The molecule has 6 nitrogen and oxygen atoms in total. The Kier molecular flexibility index (Phi) is 4.67. The Balaban J connectivity index is 1.31. The van der Waals surface area contributed by atoms with E-state index in [4.69, 9.17) is 21.1 Å². The number of ether oxygens (including phenoxy) is 2. The molecular weight excluding hydrogens is 412 g/mol. The van der Waals surface area contributed by atoms with Crippen LogP contribution in [0.15, 0.2) is 29.6 Å². The van der Waals surface area contributed by atoms with E-state index in [0.29, 0.717) is 28.7 Å². The van der Waals surface area contributed by atoms with Crippen LogP contribution < -0.4 is 4.74 Å². The molecule has 0 unspecified atom stereocenters. The number of hydrogen-bond acceptors (Lipinski definition) is 5. The van der Waals surface area contributed by atoms with Gasteiger partial charge in [-0.1, -0.05) is 35.9 Å². The number of likely N-dealkylation sites (tertiary alicyclic amines) is 1. The number of carbonyl (C=O) groups excluding carboxylic acids is 2. The van der Waals surface area contributed by atoms with Crippen molar-refractivity contribution in [1.82, 2.24) is 9.80 Å². The number of amides is 2. The highest BCUT2D eigenvalue weighted by Gasteiger charge is 2.50. The smallest absolute Gasteiger partial charge is 0.411 e. The molecule has 0 bridgehead atoms. The summed E-state index contributed by atoms with van der Waals surface area (Å²) in [5.74, 6) is 0.369. The first-order valence-electron chi connectivity index (χ1n) is 9.75. The Hall–Kier alpha value is -2.25. The first-order chi connectivity index (χ1) is 14.1. The molecule has 2 amide bonds. The van der Waals surface area contributed by atoms with Crippen molar-refractivity contribution >= 4 is 34.9 Å². The lowest BCUT2D eigenvalue weighted by Crippen LogP contribution is -2.47. The van der Waals surface area contributed by atoms with E-state index >= 15 is 0 Å². The lowest BCUT2D eigenvalue weighted by atomic mass is 9.99. The maximum absolute atomic E-state index is 12.9. The molecule has 0 saturated carbocycles. The van der Waals surface area contributed by atoms with Gasteiger partial charge >= 0.3 is 6.09 Å². The first kappa shape index (κ1) is 18.8. The van der Waals surface area contributed by atoms with Gasteiger partial charge in [-0.25, -0.2) is 4.79 Å². The molecule has 1 aromatic carbocycles. The van der Waals surface area contributed by atoms with Gasteiger partial charge in [0.15, 0.2) is 5.75 Å². The third kappa shape index (κ3) is 2.99. The Morgan fingerprint density at radius 3 is 2.79 bits per heavy atom. The van der Waals surface area contributed by atoms with Gasteiger partial charge < -0.3 is 14.4 Å². The normalized spacial score (nSPS) is 23.7. The van der Waals surface area contributed by atoms with Gasteiger partial charge in [-0.3, -0.25) is 9.69 Å². The molecule has 0 radical (unpaired) electrons. The van der Waals surface area contributed by atoms with Gasteiger partial charge in [0.25, 0.3) is 5.91 Å². The monoisotopic (exact) mass is 432 g/mol. The highest BCUT2D eigenvalue weighted by Crippen LogP contribution is 2.45. The number of rotatable bonds is 3. The van der Waals surface area contributed by atoms with Gasteiger partial charge in [0, 0.05) is 30.9 Å². The number of piperidine rings is 1. The quantitative estimate of drug-likeness (QED) is 0.731. The van der Waals surface area contributed by atoms with Crippen molar-refractivity contribution in [3.05, 3.63) is 50.7 Å². The van der Waals surface area contributed by atoms with Crippen LogP contribution in [0.2, 0.25) is 4.34 Å². The zero-order valence-electron chi connectivity index (χ0n) is 16.0. The summed E-state index contributed by atoms with van der Waals surface area (Å²) in [6.07, 6.45) is 1.90. The summed E-state index contributed by atoms with van der Waals surface area (Å²) >= 11 is 7.41. The SMILES string of the molecule is COc1c(C(=O)N2CCC(N3C(=O)O[C@@H]4Cc5ccccc5[C@@H]43)CC2)csc1Cl. The van der Waals surface area contributed by atoms with E-state index in [0.717, 1.165) is 19.3 Å². The van der Waals surface area contributed by atoms with Crippen molar-refractivity contribution in [1.29, 1.82) is 0 Å². The van der Waals surface area contributed by atoms with E-state index in [9.17, 15) is 9.59 Å². The molecule has 3 aliphatic rings. The average Bonchev–Trinajstić information content (AvgIpc) is 3.38. The predicted molar refractivity (Wildman–Crippen MR) is 110 cm³/mol. The van der Waals surface area contributed by atoms with Crippen molar-refractivity contribution < 1.29 is 19.1 Å². The summed E-state index contributed by atoms with van der Waals surface area (Å²) < 4.78 is 11.5. The van der Waals surface area contributed by atoms with Crippen LogP contribution in [0.3, 0.4) is 0 Å². The van der Waals surface area contributed by atoms with E-state index in [2.05, 4.69) is 12.1 Å². The zero-order chi connectivity index (χ0) is 20.1. The molecule has 152 valence electrons. The second-order valence-electron chi connectivity index (χ2n) is 7.66. The van der Waals surface area contributed by atoms with Crippen molar-refractivity contribution in [3.8, 4) is 5.75 Å². The topological polar surface area (TPSA) is 59.1 Å². The summed E-state index contributed by atoms with van der Waals surface area (Å²) in [6.45, 7) is 1.17. The van der Waals surface area contributed by atoms with E-state index in [1.165, 1.54) is 29.6 Å². The van der Waals surface area contributed by atoms with Crippen LogP contribution in [0.5, 0.6) is 5.75 Å². The summed E-state index contributed by atoms with van der Waals surface area (Å²) in [5.41, 5.74) is 2.96. The van der Waals surface area contributed by atoms with Gasteiger partial charge in [0.05, 0.1) is 18.7 Å². The molecule has 0 spiro atoms. The fourth-order valence-corrected chi connectivity index (χ4v) is 5.87. The summed E-state index contributed by atoms with van der Waals surface area (Å²) in [5, 5.41) is 1.74. The van der Waals surface area contributed by atoms with Crippen LogP contribution in [-0.4, -0.2) is 54.1 Å². The number of halogens is 1. The molecule has 2 saturated heterocycles. The van der Waals surface area contributed by atoms with Crippen molar-refractivity contribution in [2.24, 2.45) is 0 Å². The fourth-order valence-electron chi connectivity index (χ4n) is 4.83. The van der Waals surface area contributed by atoms with Crippen LogP contribution in [0.4, 0.5) is 4.79 Å². The molecule has 2 aromatic rings. The minimum atomic E-state index is -0.231. The average molecular weight is 433 g/mol. The molecule has 8 heteroatoms. The number of methoxy groups -OCH3 is 1. The fraction of sp³-hybridized carbons (Fsp3) is 0.429. The van der Waals surface area contributed by atoms with Gasteiger partial charge in [0.2, 0.25) is 0 Å². The highest BCUT2D eigenvalue weighted by atomic mass is 35.5. The Labute approximate surface area is 177 Å². The van der Waals surface area contributed by atoms with Gasteiger partial charge in [-0.15, -0.1) is 11.3 Å². The highest BCUT2D eigenvalue weighted by molar-refractivity contribution is 7.15. The molecule has 2 fully saturated rings. The van der Waals surface area contributed by atoms with E-state index in [1.54, 1.807) is 5.38 Å². The molecule has 3 heterocycles. The van der Waals surface area contributed by atoms with E-state index in [1.807, 2.05) is 21.9 Å². The molecule has 1 aromatic heterocycles. The molecule has 1 aliphatic carbocycles. The van der Waals surface area contributed by atoms with Gasteiger partial charge in [-0.2, -0.15) is 0 Å². The molecule has 2 aliphatic heterocycles. The van der Waals surface area contributed by atoms with Crippen molar-refractivity contribution in [3.63, 3.8) is 0 Å². The number of benzene rings is 1. The second kappa shape index (κ2) is 7.22. The van der Waals surface area contributed by atoms with Crippen LogP contribution in [0.25, 0.3) is 0 Å². The maximum atomic E-state index is 12.9. The van der Waals surface area contributed by atoms with Crippen LogP contribution >= 0.6 is 22.9 Å². The largest absolute Gasteiger partial charge is 0.493 e. The number of carbonyl (C=O) groups is 2. The lowest BCUT2D eigenvalue weighted by molar-refractivity contribution is 0.0633. The number of thiophene rings is 1. The van der Waals surface area contributed by atoms with Crippen LogP contribution in [0, 0.1) is 0 Å². The molecule has 5 rings (SSSR count). The van der Waals surface area contributed by atoms with Crippen LogP contribution in [-0.2, 0) is 11.2 Å². The third-order valence-electron chi connectivity index (χ3n) is 6.19. The van der Waals surface area contributed by atoms with E-state index < -0.39 is 0 Å². The Bertz CT molecular complexity index is 969. The Morgan fingerprint density at radius 1 is 1.28 bits per heavy atom. The van der Waals surface area contributed by atoms with Crippen molar-refractivity contribution in [2.75, 3.05) is 20.2 Å². The lowest BCUT2D eigenvalue weighted by Gasteiger charge is -2.37. The Morgan fingerprint density at radius 2 is 2.03 bits per heavy atom. The standard InChI is InChI=1S/C21H21ClN2O4S/c1-27-18-15(11-29-19(18)22)20(25)23-8-6-13(7-9-23)24-17-14-5-3-2-4-12(14)10-16(17)28-21(24)26/h2-5,11,13,16-17H,6-10H2,1H3/t16-,17+/m1/s1. The summed E-state index contributed by atoms with van der Waals surface area (Å²) in [4.78, 5) is 29.3. The minimum Gasteiger partial charge on any atom is -0.493 e. The van der Waals surface area contributed by atoms with Gasteiger partial charge in [-0.05, 0) is 24.0 Å². The molecular formula is C21H21ClN2O4S. The molecule has 0 N–H and O–H groups in total. The number of fused-ring (bicyclic) bond motifs is 3. The van der Waals surface area contributed by atoms with Crippen LogP contribution in [0.1, 0.15) is 40.4 Å². The summed E-state index contributed by atoms with van der Waals surface area (Å²) in [6, 6.07) is 8.31. The maximum Gasteiger partial charge on any atom is 0.411 e. The van der Waals surface area contributed by atoms with Gasteiger partial charge in [0.1, 0.15) is 10.4 Å². The predicted octanol–water partition coefficient (Wildman–Crippen LogP) is 4.13. The minimum absolute atomic E-state index is 0.0123. The van der Waals surface area contributed by atoms with E-state index in [-0.39, 0.29) is 30.2 Å². The third-order valence-corrected chi connectivity index (χ3v) is 7.38. The molecule has 29 heavy (non-hydrogen) atoms. The van der Waals surface area contributed by atoms with Crippen molar-refractivity contribution in [2.45, 2.75) is 37.5 Å². The number of nitrogens with zero attached hydrogens (tertiary/aromatic N) is 2. The molecule has 2 atom stereocenters. The second-order valence-corrected chi connectivity index (χ2v) is 9.14. The summed E-state index contributed by atoms with van der Waals surface area (Å²) in [7, 11) is 1.52. The first-order valence-corrected chi connectivity index (χ1v) is 11.0. The number of hydrogen-bond donors (Lipinski definition) is 0.